The summed E-state index contributed by atoms with van der Waals surface area (Å²) in [5.74, 6) is -1.98. The molecule has 270 valence electrons. The molecule has 0 aromatic heterocycles. The predicted molar refractivity (Wildman–Crippen MR) is 186 cm³/mol. The topological polar surface area (TPSA) is 216 Å². The van der Waals surface area contributed by atoms with Crippen LogP contribution in [0.2, 0.25) is 0 Å². The Hall–Kier alpha value is -4.69. The summed E-state index contributed by atoms with van der Waals surface area (Å²) in [6, 6.07) is 15.9. The maximum atomic E-state index is 13.6. The molecule has 0 saturated heterocycles. The molecule has 0 saturated carbocycles. The van der Waals surface area contributed by atoms with Gasteiger partial charge in [0.1, 0.15) is 18.7 Å². The molecule has 0 heterocycles. The summed E-state index contributed by atoms with van der Waals surface area (Å²) in [5, 5.41) is 30.9. The fraction of sp³-hybridized carbons (Fsp3) is 0.514. The summed E-state index contributed by atoms with van der Waals surface area (Å²) in [7, 11) is 0. The smallest absolute Gasteiger partial charge is 0.408 e. The Kier molecular flexibility index (Phi) is 18.2. The Labute approximate surface area is 288 Å². The van der Waals surface area contributed by atoms with Crippen LogP contribution in [-0.2, 0) is 32.1 Å². The quantitative estimate of drug-likeness (QED) is 0.0443. The molecular formula is C35H53N7O7. The first-order chi connectivity index (χ1) is 23.4. The van der Waals surface area contributed by atoms with E-state index in [1.165, 1.54) is 0 Å². The van der Waals surface area contributed by atoms with Crippen molar-refractivity contribution in [2.24, 2.45) is 22.6 Å². The summed E-state index contributed by atoms with van der Waals surface area (Å²) < 4.78 is 5.30. The number of carbonyl (C=O) groups excluding carboxylic acids is 4. The highest BCUT2D eigenvalue weighted by atomic mass is 16.5. The molecule has 0 aliphatic heterocycles. The lowest BCUT2D eigenvalue weighted by molar-refractivity contribution is -0.132. The second-order valence-electron chi connectivity index (χ2n) is 12.6. The molecule has 0 bridgehead atoms. The first kappa shape index (κ1) is 40.5. The van der Waals surface area contributed by atoms with Gasteiger partial charge < -0.3 is 36.8 Å². The minimum Gasteiger partial charge on any atom is -0.445 e. The average molecular weight is 684 g/mol. The number of aliphatic imine (C=N–C) groups is 1. The molecule has 0 aliphatic rings. The van der Waals surface area contributed by atoms with Gasteiger partial charge in [-0.05, 0) is 48.6 Å². The lowest BCUT2D eigenvalue weighted by atomic mass is 9.95. The highest BCUT2D eigenvalue weighted by molar-refractivity contribution is 5.91. The number of hydrogen-bond donors (Lipinski definition) is 8. The van der Waals surface area contributed by atoms with Gasteiger partial charge in [-0.3, -0.25) is 24.6 Å². The van der Waals surface area contributed by atoms with Crippen LogP contribution in [0.3, 0.4) is 0 Å². The monoisotopic (exact) mass is 683 g/mol. The van der Waals surface area contributed by atoms with E-state index in [0.29, 0.717) is 25.8 Å². The molecule has 14 nitrogen and oxygen atoms in total. The van der Waals surface area contributed by atoms with Gasteiger partial charge in [-0.2, -0.15) is 0 Å². The van der Waals surface area contributed by atoms with Crippen LogP contribution in [-0.4, -0.2) is 77.4 Å². The second kappa shape index (κ2) is 22.0. The number of nitrogens with zero attached hydrogens (tertiary/aromatic N) is 1. The van der Waals surface area contributed by atoms with Gasteiger partial charge in [0, 0.05) is 13.1 Å². The normalized spacial score (nSPS) is 13.9. The summed E-state index contributed by atoms with van der Waals surface area (Å²) in [6.07, 6.45) is -0.734. The number of carbonyl (C=O) groups is 4. The number of nitrogens with two attached hydrogens (primary N) is 1. The standard InChI is InChI=1S/C35H53N7O7/c1-23(2)20-28(29(43)21-30(44)37-19-17-25-12-7-5-8-13-25)39-33(46)31(24(3)4)41-32(45)27(16-11-18-38-34(36)42-48)40-35(47)49-22-26-14-9-6-10-15-26/h5-10,12-15,23-24,27-29,31,43,48H,11,16-22H2,1-4H3,(H,37,44)(H,39,46)(H,40,47)(H,41,45)(H3,36,38,42)/t27-,28-,29-,31-/m0/s1. The minimum absolute atomic E-state index is 0.00828. The molecule has 2 rings (SSSR count). The Morgan fingerprint density at radius 3 is 2.10 bits per heavy atom. The first-order valence-electron chi connectivity index (χ1n) is 16.7. The zero-order valence-corrected chi connectivity index (χ0v) is 28.9. The number of ether oxygens (including phenoxy) is 1. The van der Waals surface area contributed by atoms with E-state index in [4.69, 9.17) is 15.7 Å². The highest BCUT2D eigenvalue weighted by Crippen LogP contribution is 2.14. The van der Waals surface area contributed by atoms with Gasteiger partial charge in [0.25, 0.3) is 0 Å². The Morgan fingerprint density at radius 1 is 0.878 bits per heavy atom. The Balaban J connectivity index is 2.06. The number of hydrogen-bond acceptors (Lipinski definition) is 8. The largest absolute Gasteiger partial charge is 0.445 e. The van der Waals surface area contributed by atoms with Crippen molar-refractivity contribution in [3.8, 4) is 0 Å². The fourth-order valence-corrected chi connectivity index (χ4v) is 4.98. The van der Waals surface area contributed by atoms with Gasteiger partial charge in [0.2, 0.25) is 23.7 Å². The summed E-state index contributed by atoms with van der Waals surface area (Å²) >= 11 is 0. The van der Waals surface area contributed by atoms with Crippen LogP contribution in [0, 0.1) is 11.8 Å². The van der Waals surface area contributed by atoms with Gasteiger partial charge in [-0.25, -0.2) is 10.3 Å². The number of amides is 4. The number of rotatable bonds is 20. The molecule has 0 fully saturated rings. The van der Waals surface area contributed by atoms with Crippen molar-refractivity contribution in [2.75, 3.05) is 13.1 Å². The van der Waals surface area contributed by atoms with Gasteiger partial charge >= 0.3 is 6.09 Å². The molecule has 4 amide bonds. The molecular weight excluding hydrogens is 630 g/mol. The van der Waals surface area contributed by atoms with Crippen LogP contribution in [0.15, 0.2) is 65.7 Å². The molecule has 9 N–H and O–H groups in total. The fourth-order valence-electron chi connectivity index (χ4n) is 4.98. The number of alkyl carbamates (subject to hydrolysis) is 1. The van der Waals surface area contributed by atoms with Crippen molar-refractivity contribution in [3.63, 3.8) is 0 Å². The predicted octanol–water partition coefficient (Wildman–Crippen LogP) is 2.14. The van der Waals surface area contributed by atoms with Gasteiger partial charge in [-0.15, -0.1) is 0 Å². The van der Waals surface area contributed by atoms with Crippen molar-refractivity contribution >= 4 is 29.8 Å². The molecule has 0 unspecified atom stereocenters. The molecule has 4 atom stereocenters. The van der Waals surface area contributed by atoms with E-state index in [-0.39, 0.29) is 49.7 Å². The van der Waals surface area contributed by atoms with Gasteiger partial charge in [0.05, 0.1) is 18.6 Å². The maximum Gasteiger partial charge on any atom is 0.408 e. The van der Waals surface area contributed by atoms with Crippen molar-refractivity contribution in [1.29, 1.82) is 0 Å². The van der Waals surface area contributed by atoms with Crippen LogP contribution in [0.1, 0.15) is 64.5 Å². The third kappa shape index (κ3) is 16.3. The number of guanidine groups is 1. The molecule has 0 spiro atoms. The zero-order chi connectivity index (χ0) is 36.2. The number of nitrogens with one attached hydrogen (secondary N) is 5. The van der Waals surface area contributed by atoms with Crippen molar-refractivity contribution in [1.82, 2.24) is 26.7 Å². The molecule has 2 aromatic rings. The van der Waals surface area contributed by atoms with E-state index in [1.54, 1.807) is 31.5 Å². The van der Waals surface area contributed by atoms with E-state index in [2.05, 4.69) is 26.3 Å². The van der Waals surface area contributed by atoms with Crippen LogP contribution in [0.25, 0.3) is 0 Å². The Morgan fingerprint density at radius 2 is 1.51 bits per heavy atom. The zero-order valence-electron chi connectivity index (χ0n) is 28.9. The van der Waals surface area contributed by atoms with Crippen LogP contribution >= 0.6 is 0 Å². The van der Waals surface area contributed by atoms with E-state index >= 15 is 0 Å². The third-order valence-electron chi connectivity index (χ3n) is 7.61. The molecule has 0 radical (unpaired) electrons. The van der Waals surface area contributed by atoms with Crippen LogP contribution < -0.4 is 32.5 Å². The summed E-state index contributed by atoms with van der Waals surface area (Å²) in [4.78, 5) is 56.4. The van der Waals surface area contributed by atoms with E-state index in [0.717, 1.165) is 11.1 Å². The highest BCUT2D eigenvalue weighted by Gasteiger charge is 2.32. The van der Waals surface area contributed by atoms with Crippen LogP contribution in [0.5, 0.6) is 0 Å². The lowest BCUT2D eigenvalue weighted by Crippen LogP contribution is -2.58. The van der Waals surface area contributed by atoms with Crippen molar-refractivity contribution in [3.05, 3.63) is 71.8 Å². The SMILES string of the molecule is CC(C)C[C@H](NC(=O)[C@@H](NC(=O)[C@H](CCCN=C(N)NO)NC(=O)OCc1ccccc1)C(C)C)[C@@H](O)CC(=O)NCCc1ccccc1. The number of benzene rings is 2. The van der Waals surface area contributed by atoms with Gasteiger partial charge in [0.15, 0.2) is 0 Å². The van der Waals surface area contributed by atoms with E-state index in [9.17, 15) is 24.3 Å². The van der Waals surface area contributed by atoms with E-state index < -0.39 is 42.1 Å². The average Bonchev–Trinajstić information content (AvgIpc) is 3.07. The molecule has 14 heteroatoms. The molecule has 49 heavy (non-hydrogen) atoms. The number of hydroxylamine groups is 1. The molecule has 0 aliphatic carbocycles. The number of aliphatic hydroxyl groups excluding tert-OH is 1. The third-order valence-corrected chi connectivity index (χ3v) is 7.61. The van der Waals surface area contributed by atoms with Crippen molar-refractivity contribution in [2.45, 2.75) is 90.6 Å². The van der Waals surface area contributed by atoms with Crippen molar-refractivity contribution < 1.29 is 34.2 Å². The maximum absolute atomic E-state index is 13.6. The summed E-state index contributed by atoms with van der Waals surface area (Å²) in [5.41, 5.74) is 9.02. The first-order valence-corrected chi connectivity index (χ1v) is 16.7. The van der Waals surface area contributed by atoms with Gasteiger partial charge in [-0.1, -0.05) is 88.4 Å². The van der Waals surface area contributed by atoms with Crippen LogP contribution in [0.4, 0.5) is 4.79 Å². The summed E-state index contributed by atoms with van der Waals surface area (Å²) in [6.45, 7) is 7.94. The lowest BCUT2D eigenvalue weighted by Gasteiger charge is -2.30. The minimum atomic E-state index is -1.17. The Bertz CT molecular complexity index is 1330. The number of aliphatic hydroxyl groups is 1. The van der Waals surface area contributed by atoms with E-state index in [1.807, 2.05) is 62.4 Å². The second-order valence-corrected chi connectivity index (χ2v) is 12.6. The molecule has 2 aromatic carbocycles.